The van der Waals surface area contributed by atoms with Gasteiger partial charge in [0.1, 0.15) is 11.8 Å². The lowest BCUT2D eigenvalue weighted by molar-refractivity contribution is -0.142. The van der Waals surface area contributed by atoms with Gasteiger partial charge in [-0.15, -0.1) is 11.6 Å². The van der Waals surface area contributed by atoms with E-state index in [0.717, 1.165) is 0 Å². The maximum atomic E-state index is 11.4. The van der Waals surface area contributed by atoms with Gasteiger partial charge in [0.25, 0.3) is 0 Å². The van der Waals surface area contributed by atoms with Crippen LogP contribution in [0.2, 0.25) is 0 Å². The maximum absolute atomic E-state index is 11.4. The van der Waals surface area contributed by atoms with Gasteiger partial charge in [0.05, 0.1) is 31.6 Å². The molecule has 0 bridgehead atoms. The first kappa shape index (κ1) is 14.3. The second-order valence-corrected chi connectivity index (χ2v) is 3.83. The highest BCUT2D eigenvalue weighted by atomic mass is 35.5. The number of hydrogen-bond acceptors (Lipinski definition) is 4. The molecule has 1 rings (SSSR count). The number of halogens is 1. The zero-order valence-electron chi connectivity index (χ0n) is 10.3. The van der Waals surface area contributed by atoms with Gasteiger partial charge in [0.15, 0.2) is 0 Å². The molecule has 0 aliphatic carbocycles. The molecule has 1 aromatic rings. The van der Waals surface area contributed by atoms with Crippen LogP contribution in [0.5, 0.6) is 5.75 Å². The molecule has 0 saturated carbocycles. The molecule has 0 aliphatic heterocycles. The lowest BCUT2D eigenvalue weighted by Crippen LogP contribution is -2.08. The Bertz CT molecular complexity index is 480. The van der Waals surface area contributed by atoms with Crippen LogP contribution in [0.1, 0.15) is 23.6 Å². The molecule has 0 atom stereocenters. The number of hydrogen-bond donors (Lipinski definition) is 0. The highest BCUT2D eigenvalue weighted by molar-refractivity contribution is 6.17. The smallest absolute Gasteiger partial charge is 0.310 e. The number of ether oxygens (including phenoxy) is 2. The summed E-state index contributed by atoms with van der Waals surface area (Å²) in [6, 6.07) is 5.40. The van der Waals surface area contributed by atoms with Gasteiger partial charge in [0.2, 0.25) is 0 Å². The first-order chi connectivity index (χ1) is 8.65. The van der Waals surface area contributed by atoms with Crippen molar-refractivity contribution in [1.29, 1.82) is 5.26 Å². The summed E-state index contributed by atoms with van der Waals surface area (Å²) in [5, 5.41) is 9.04. The molecule has 0 amide bonds. The van der Waals surface area contributed by atoms with Crippen LogP contribution in [-0.4, -0.2) is 19.7 Å². The van der Waals surface area contributed by atoms with Crippen LogP contribution < -0.4 is 4.74 Å². The third kappa shape index (κ3) is 3.38. The second-order valence-electron chi connectivity index (χ2n) is 3.56. The summed E-state index contributed by atoms with van der Waals surface area (Å²) >= 11 is 5.80. The van der Waals surface area contributed by atoms with Crippen LogP contribution in [0.3, 0.4) is 0 Å². The van der Waals surface area contributed by atoms with E-state index in [4.69, 9.17) is 26.3 Å². The van der Waals surface area contributed by atoms with Crippen molar-refractivity contribution in [3.05, 3.63) is 28.8 Å². The molecular formula is C13H14ClNO3. The van der Waals surface area contributed by atoms with E-state index in [1.165, 1.54) is 7.11 Å². The SMILES string of the molecule is CCOC(=O)Cc1cc(C#N)c(OC)c(CCl)c1. The van der Waals surface area contributed by atoms with Crippen molar-refractivity contribution in [2.24, 2.45) is 0 Å². The third-order valence-electron chi connectivity index (χ3n) is 2.35. The predicted octanol–water partition coefficient (Wildman–Crippen LogP) is 2.41. The number of alkyl halides is 1. The summed E-state index contributed by atoms with van der Waals surface area (Å²) < 4.78 is 10.0. The Balaban J connectivity index is 3.08. The second kappa shape index (κ2) is 6.87. The van der Waals surface area contributed by atoms with Crippen LogP contribution in [0.15, 0.2) is 12.1 Å². The maximum Gasteiger partial charge on any atom is 0.310 e. The molecule has 4 nitrogen and oxygen atoms in total. The van der Waals surface area contributed by atoms with Gasteiger partial charge in [-0.3, -0.25) is 4.79 Å². The van der Waals surface area contributed by atoms with E-state index in [2.05, 4.69) is 0 Å². The largest absolute Gasteiger partial charge is 0.495 e. The minimum absolute atomic E-state index is 0.121. The topological polar surface area (TPSA) is 59.3 Å². The van der Waals surface area contributed by atoms with E-state index in [1.807, 2.05) is 6.07 Å². The van der Waals surface area contributed by atoms with Crippen LogP contribution in [0.4, 0.5) is 0 Å². The van der Waals surface area contributed by atoms with Crippen LogP contribution >= 0.6 is 11.6 Å². The molecule has 18 heavy (non-hydrogen) atoms. The van der Waals surface area contributed by atoms with Crippen molar-refractivity contribution in [2.45, 2.75) is 19.2 Å². The van der Waals surface area contributed by atoms with Crippen molar-refractivity contribution in [2.75, 3.05) is 13.7 Å². The number of nitriles is 1. The van der Waals surface area contributed by atoms with Gasteiger partial charge in [-0.1, -0.05) is 6.07 Å². The van der Waals surface area contributed by atoms with E-state index in [-0.39, 0.29) is 18.3 Å². The van der Waals surface area contributed by atoms with E-state index in [9.17, 15) is 4.79 Å². The van der Waals surface area contributed by atoms with Gasteiger partial charge in [-0.05, 0) is 18.6 Å². The number of carbonyl (C=O) groups excluding carboxylic acids is 1. The highest BCUT2D eigenvalue weighted by Crippen LogP contribution is 2.27. The molecule has 0 radical (unpaired) electrons. The molecule has 0 fully saturated rings. The number of methoxy groups -OCH3 is 1. The van der Waals surface area contributed by atoms with Crippen molar-refractivity contribution < 1.29 is 14.3 Å². The molecule has 1 aromatic carbocycles. The highest BCUT2D eigenvalue weighted by Gasteiger charge is 2.13. The number of rotatable bonds is 5. The third-order valence-corrected chi connectivity index (χ3v) is 2.64. The average Bonchev–Trinajstić information content (AvgIpc) is 2.37. The standard InChI is InChI=1S/C13H14ClNO3/c1-3-18-12(16)6-9-4-10(7-14)13(17-2)11(5-9)8-15/h4-5H,3,6-7H2,1-2H3. The summed E-state index contributed by atoms with van der Waals surface area (Å²) in [6.07, 6.45) is 0.121. The fourth-order valence-electron chi connectivity index (χ4n) is 1.66. The Labute approximate surface area is 111 Å². The molecule has 96 valence electrons. The van der Waals surface area contributed by atoms with Crippen LogP contribution in [0, 0.1) is 11.3 Å². The van der Waals surface area contributed by atoms with Gasteiger partial charge >= 0.3 is 5.97 Å². The Morgan fingerprint density at radius 3 is 2.72 bits per heavy atom. The molecular weight excluding hydrogens is 254 g/mol. The molecule has 0 unspecified atom stereocenters. The summed E-state index contributed by atoms with van der Waals surface area (Å²) in [5.41, 5.74) is 1.76. The summed E-state index contributed by atoms with van der Waals surface area (Å²) in [7, 11) is 1.48. The number of benzene rings is 1. The Morgan fingerprint density at radius 2 is 2.22 bits per heavy atom. The summed E-state index contributed by atoms with van der Waals surface area (Å²) in [4.78, 5) is 11.4. The van der Waals surface area contributed by atoms with Crippen molar-refractivity contribution in [3.8, 4) is 11.8 Å². The molecule has 0 heterocycles. The first-order valence-corrected chi connectivity index (χ1v) is 6.01. The zero-order valence-corrected chi connectivity index (χ0v) is 11.1. The molecule has 0 aromatic heterocycles. The van der Waals surface area contributed by atoms with Crippen LogP contribution in [0.25, 0.3) is 0 Å². The normalized spacial score (nSPS) is 9.67. The van der Waals surface area contributed by atoms with Gasteiger partial charge < -0.3 is 9.47 Å². The molecule has 0 spiro atoms. The van der Waals surface area contributed by atoms with Crippen molar-refractivity contribution in [3.63, 3.8) is 0 Å². The average molecular weight is 268 g/mol. The zero-order chi connectivity index (χ0) is 13.5. The Hall–Kier alpha value is -1.73. The summed E-state index contributed by atoms with van der Waals surface area (Å²) in [5.74, 6) is 0.348. The number of carbonyl (C=O) groups is 1. The molecule has 0 N–H and O–H groups in total. The van der Waals surface area contributed by atoms with Crippen molar-refractivity contribution in [1.82, 2.24) is 0 Å². The van der Waals surface area contributed by atoms with Crippen molar-refractivity contribution >= 4 is 17.6 Å². The predicted molar refractivity (Wildman–Crippen MR) is 67.6 cm³/mol. The minimum atomic E-state index is -0.327. The van der Waals surface area contributed by atoms with E-state index < -0.39 is 0 Å². The Kier molecular flexibility index (Phi) is 5.47. The lowest BCUT2D eigenvalue weighted by atomic mass is 10.0. The van der Waals surface area contributed by atoms with E-state index in [0.29, 0.717) is 29.0 Å². The molecule has 0 aliphatic rings. The van der Waals surface area contributed by atoms with Gasteiger partial charge in [-0.25, -0.2) is 0 Å². The number of nitrogens with zero attached hydrogens (tertiary/aromatic N) is 1. The summed E-state index contributed by atoms with van der Waals surface area (Å²) in [6.45, 7) is 2.08. The Morgan fingerprint density at radius 1 is 1.50 bits per heavy atom. The van der Waals surface area contributed by atoms with Crippen LogP contribution in [-0.2, 0) is 21.8 Å². The van der Waals surface area contributed by atoms with Gasteiger partial charge in [-0.2, -0.15) is 5.26 Å². The molecule has 0 saturated heterocycles. The lowest BCUT2D eigenvalue weighted by Gasteiger charge is -2.10. The molecule has 5 heteroatoms. The fourth-order valence-corrected chi connectivity index (χ4v) is 1.86. The minimum Gasteiger partial charge on any atom is -0.495 e. The van der Waals surface area contributed by atoms with E-state index >= 15 is 0 Å². The first-order valence-electron chi connectivity index (χ1n) is 5.47. The van der Waals surface area contributed by atoms with Gasteiger partial charge in [0, 0.05) is 5.56 Å². The number of esters is 1. The fraction of sp³-hybridized carbons (Fsp3) is 0.385. The van der Waals surface area contributed by atoms with E-state index in [1.54, 1.807) is 19.1 Å². The monoisotopic (exact) mass is 267 g/mol. The quantitative estimate of drug-likeness (QED) is 0.607.